The lowest BCUT2D eigenvalue weighted by molar-refractivity contribution is 0.116. The Hall–Kier alpha value is -0.680. The van der Waals surface area contributed by atoms with E-state index >= 15 is 0 Å². The zero-order chi connectivity index (χ0) is 13.0. The topological polar surface area (TPSA) is 38.2 Å². The fourth-order valence-corrected chi connectivity index (χ4v) is 2.58. The van der Waals surface area contributed by atoms with Crippen molar-refractivity contribution in [2.24, 2.45) is 0 Å². The van der Waals surface area contributed by atoms with Crippen LogP contribution in [0.15, 0.2) is 10.7 Å². The molecule has 2 heterocycles. The number of anilines is 1. The second kappa shape index (κ2) is 6.48. The number of aryl methyl sites for hydroxylation is 1. The molecule has 4 nitrogen and oxygen atoms in total. The fraction of sp³-hybridized carbons (Fsp3) is 0.692. The van der Waals surface area contributed by atoms with Crippen LogP contribution in [0.1, 0.15) is 32.0 Å². The van der Waals surface area contributed by atoms with Crippen LogP contribution in [0, 0.1) is 0 Å². The Bertz CT molecular complexity index is 394. The van der Waals surface area contributed by atoms with Crippen LogP contribution in [0.4, 0.5) is 5.82 Å². The third-order valence-corrected chi connectivity index (χ3v) is 3.50. The Balaban J connectivity index is 2.05. The van der Waals surface area contributed by atoms with Gasteiger partial charge >= 0.3 is 0 Å². The van der Waals surface area contributed by atoms with Crippen LogP contribution in [0.25, 0.3) is 0 Å². The van der Waals surface area contributed by atoms with Crippen LogP contribution in [-0.4, -0.2) is 36.3 Å². The molecule has 0 radical (unpaired) electrons. The van der Waals surface area contributed by atoms with E-state index in [2.05, 4.69) is 44.8 Å². The highest BCUT2D eigenvalue weighted by molar-refractivity contribution is 9.10. The summed E-state index contributed by atoms with van der Waals surface area (Å²) in [5.41, 5.74) is 0. The summed E-state index contributed by atoms with van der Waals surface area (Å²) in [5.74, 6) is 1.87. The van der Waals surface area contributed by atoms with E-state index in [9.17, 15) is 0 Å². The van der Waals surface area contributed by atoms with E-state index in [0.717, 1.165) is 48.7 Å². The van der Waals surface area contributed by atoms with Crippen LogP contribution < -0.4 is 4.90 Å². The Labute approximate surface area is 117 Å². The van der Waals surface area contributed by atoms with Crippen molar-refractivity contribution in [3.63, 3.8) is 0 Å². The minimum atomic E-state index is 0.346. The maximum absolute atomic E-state index is 5.66. The van der Waals surface area contributed by atoms with Gasteiger partial charge in [0.05, 0.1) is 6.10 Å². The first-order valence-corrected chi connectivity index (χ1v) is 7.34. The van der Waals surface area contributed by atoms with Crippen LogP contribution in [-0.2, 0) is 11.2 Å². The van der Waals surface area contributed by atoms with Gasteiger partial charge in [-0.3, -0.25) is 0 Å². The molecule has 2 rings (SSSR count). The quantitative estimate of drug-likeness (QED) is 0.783. The zero-order valence-electron chi connectivity index (χ0n) is 11.0. The van der Waals surface area contributed by atoms with Gasteiger partial charge in [-0.15, -0.1) is 0 Å². The lowest BCUT2D eigenvalue weighted by Gasteiger charge is -2.22. The van der Waals surface area contributed by atoms with Crippen molar-refractivity contribution in [1.82, 2.24) is 9.97 Å². The molecule has 0 aromatic carbocycles. The second-order valence-electron chi connectivity index (χ2n) is 4.73. The third kappa shape index (κ3) is 3.65. The number of rotatable bonds is 5. The van der Waals surface area contributed by atoms with Gasteiger partial charge in [-0.1, -0.05) is 6.92 Å². The molecular weight excluding hydrogens is 294 g/mol. The van der Waals surface area contributed by atoms with Gasteiger partial charge in [0.15, 0.2) is 0 Å². The summed E-state index contributed by atoms with van der Waals surface area (Å²) in [5, 5.41) is 0. The fourth-order valence-electron chi connectivity index (χ4n) is 2.17. The van der Waals surface area contributed by atoms with Gasteiger partial charge in [0.25, 0.3) is 0 Å². The standard InChI is InChI=1S/C13H20BrN3O/c1-3-5-12-15-11(14)8-13(16-12)17(2)9-10-6-4-7-18-10/h8,10H,3-7,9H2,1-2H3. The SMILES string of the molecule is CCCc1nc(Br)cc(N(C)CC2CCCO2)n1. The number of hydrogen-bond donors (Lipinski definition) is 0. The van der Waals surface area contributed by atoms with E-state index < -0.39 is 0 Å². The van der Waals surface area contributed by atoms with Crippen LogP contribution in [0.3, 0.4) is 0 Å². The number of aromatic nitrogens is 2. The van der Waals surface area contributed by atoms with Gasteiger partial charge in [-0.05, 0) is 35.2 Å². The molecule has 1 aromatic rings. The number of likely N-dealkylation sites (N-methyl/N-ethyl adjacent to an activating group) is 1. The second-order valence-corrected chi connectivity index (χ2v) is 5.54. The van der Waals surface area contributed by atoms with Crippen molar-refractivity contribution in [3.8, 4) is 0 Å². The number of ether oxygens (including phenoxy) is 1. The first kappa shape index (κ1) is 13.7. The summed E-state index contributed by atoms with van der Waals surface area (Å²) in [6.45, 7) is 3.93. The lowest BCUT2D eigenvalue weighted by Crippen LogP contribution is -2.29. The third-order valence-electron chi connectivity index (χ3n) is 3.09. The summed E-state index contributed by atoms with van der Waals surface area (Å²) in [7, 11) is 2.06. The van der Waals surface area contributed by atoms with Crippen LogP contribution in [0.2, 0.25) is 0 Å². The molecule has 18 heavy (non-hydrogen) atoms. The highest BCUT2D eigenvalue weighted by atomic mass is 79.9. The van der Waals surface area contributed by atoms with Crippen molar-refractivity contribution >= 4 is 21.7 Å². The number of halogens is 1. The molecule has 1 aromatic heterocycles. The van der Waals surface area contributed by atoms with Crippen LogP contribution >= 0.6 is 15.9 Å². The highest BCUT2D eigenvalue weighted by Crippen LogP contribution is 2.19. The molecule has 0 N–H and O–H groups in total. The van der Waals surface area contributed by atoms with Gasteiger partial charge in [0, 0.05) is 32.7 Å². The molecule has 0 saturated carbocycles. The first-order valence-electron chi connectivity index (χ1n) is 6.55. The average Bonchev–Trinajstić information content (AvgIpc) is 2.81. The Morgan fingerprint density at radius 1 is 1.50 bits per heavy atom. The predicted molar refractivity (Wildman–Crippen MR) is 76.0 cm³/mol. The molecule has 1 saturated heterocycles. The maximum Gasteiger partial charge on any atom is 0.133 e. The zero-order valence-corrected chi connectivity index (χ0v) is 12.6. The van der Waals surface area contributed by atoms with Gasteiger partial charge < -0.3 is 9.64 Å². The largest absolute Gasteiger partial charge is 0.376 e. The minimum Gasteiger partial charge on any atom is -0.376 e. The monoisotopic (exact) mass is 313 g/mol. The van der Waals surface area contributed by atoms with Crippen molar-refractivity contribution in [2.45, 2.75) is 38.7 Å². The van der Waals surface area contributed by atoms with Gasteiger partial charge in [0.1, 0.15) is 16.2 Å². The molecule has 1 aliphatic heterocycles. The van der Waals surface area contributed by atoms with Crippen molar-refractivity contribution in [3.05, 3.63) is 16.5 Å². The summed E-state index contributed by atoms with van der Waals surface area (Å²) >= 11 is 3.45. The molecule has 1 atom stereocenters. The van der Waals surface area contributed by atoms with Gasteiger partial charge in [-0.25, -0.2) is 9.97 Å². The molecule has 1 aliphatic rings. The van der Waals surface area contributed by atoms with E-state index in [1.54, 1.807) is 0 Å². The minimum absolute atomic E-state index is 0.346. The van der Waals surface area contributed by atoms with E-state index in [1.165, 1.54) is 6.42 Å². The molecule has 0 bridgehead atoms. The Kier molecular flexibility index (Phi) is 4.95. The van der Waals surface area contributed by atoms with Crippen molar-refractivity contribution < 1.29 is 4.74 Å². The molecule has 1 fully saturated rings. The Morgan fingerprint density at radius 2 is 2.33 bits per heavy atom. The van der Waals surface area contributed by atoms with Crippen molar-refractivity contribution in [2.75, 3.05) is 25.1 Å². The van der Waals surface area contributed by atoms with E-state index in [4.69, 9.17) is 4.74 Å². The molecule has 0 aliphatic carbocycles. The predicted octanol–water partition coefficient (Wildman–Crippen LogP) is 2.81. The molecule has 5 heteroatoms. The van der Waals surface area contributed by atoms with Gasteiger partial charge in [0.2, 0.25) is 0 Å². The molecule has 100 valence electrons. The molecular formula is C13H20BrN3O. The van der Waals surface area contributed by atoms with E-state index in [-0.39, 0.29) is 0 Å². The molecule has 1 unspecified atom stereocenters. The van der Waals surface area contributed by atoms with E-state index in [0.29, 0.717) is 6.10 Å². The lowest BCUT2D eigenvalue weighted by atomic mass is 10.2. The first-order chi connectivity index (χ1) is 8.69. The van der Waals surface area contributed by atoms with Gasteiger partial charge in [-0.2, -0.15) is 0 Å². The maximum atomic E-state index is 5.66. The normalized spacial score (nSPS) is 19.2. The van der Waals surface area contributed by atoms with Crippen molar-refractivity contribution in [1.29, 1.82) is 0 Å². The number of hydrogen-bond acceptors (Lipinski definition) is 4. The summed E-state index contributed by atoms with van der Waals surface area (Å²) in [6.07, 6.45) is 4.65. The summed E-state index contributed by atoms with van der Waals surface area (Å²) < 4.78 is 6.51. The summed E-state index contributed by atoms with van der Waals surface area (Å²) in [6, 6.07) is 1.97. The highest BCUT2D eigenvalue weighted by Gasteiger charge is 2.18. The summed E-state index contributed by atoms with van der Waals surface area (Å²) in [4.78, 5) is 11.1. The van der Waals surface area contributed by atoms with Crippen LogP contribution in [0.5, 0.6) is 0 Å². The molecule has 0 amide bonds. The van der Waals surface area contributed by atoms with E-state index in [1.807, 2.05) is 6.07 Å². The Morgan fingerprint density at radius 3 is 3.00 bits per heavy atom. The number of nitrogens with zero attached hydrogens (tertiary/aromatic N) is 3. The molecule has 0 spiro atoms. The average molecular weight is 314 g/mol. The smallest absolute Gasteiger partial charge is 0.133 e.